The van der Waals surface area contributed by atoms with Gasteiger partial charge in [-0.3, -0.25) is 10.1 Å². The molecule has 0 aliphatic carbocycles. The van der Waals surface area contributed by atoms with Gasteiger partial charge in [0.25, 0.3) is 5.69 Å². The molecular weight excluding hydrogens is 335 g/mol. The summed E-state index contributed by atoms with van der Waals surface area (Å²) in [6, 6.07) is 6.88. The molecule has 0 saturated carbocycles. The normalized spacial score (nSPS) is 10.2. The van der Waals surface area contributed by atoms with Crippen molar-refractivity contribution in [2.24, 2.45) is 0 Å². The monoisotopic (exact) mass is 344 g/mol. The number of benzene rings is 1. The highest BCUT2D eigenvalue weighted by Gasteiger charge is 2.13. The molecule has 0 aliphatic heterocycles. The van der Waals surface area contributed by atoms with Gasteiger partial charge in [0.05, 0.1) is 17.4 Å². The number of furan rings is 1. The molecule has 0 fully saturated rings. The summed E-state index contributed by atoms with van der Waals surface area (Å²) in [6.07, 6.45) is 3.17. The highest BCUT2D eigenvalue weighted by Crippen LogP contribution is 2.26. The molecule has 1 N–H and O–H groups in total. The van der Waals surface area contributed by atoms with E-state index in [0.29, 0.717) is 12.2 Å². The molecule has 88 valence electrons. The predicted molar refractivity (Wildman–Crippen MR) is 71.8 cm³/mol. The van der Waals surface area contributed by atoms with Crippen molar-refractivity contribution in [2.45, 2.75) is 6.54 Å². The summed E-state index contributed by atoms with van der Waals surface area (Å²) in [6.45, 7) is 0.498. The Morgan fingerprint density at radius 1 is 1.41 bits per heavy atom. The van der Waals surface area contributed by atoms with E-state index in [9.17, 15) is 10.1 Å². The third kappa shape index (κ3) is 2.96. The van der Waals surface area contributed by atoms with Crippen LogP contribution in [0.25, 0.3) is 0 Å². The average molecular weight is 344 g/mol. The third-order valence-corrected chi connectivity index (χ3v) is 2.89. The number of hydrogen-bond acceptors (Lipinski definition) is 4. The summed E-state index contributed by atoms with van der Waals surface area (Å²) in [5.41, 5.74) is 1.54. The first-order valence-corrected chi connectivity index (χ1v) is 5.93. The summed E-state index contributed by atoms with van der Waals surface area (Å²) in [5, 5.41) is 13.9. The lowest BCUT2D eigenvalue weighted by Crippen LogP contribution is -2.02. The van der Waals surface area contributed by atoms with E-state index in [4.69, 9.17) is 4.42 Å². The fraction of sp³-hybridized carbons (Fsp3) is 0.0909. The van der Waals surface area contributed by atoms with Crippen LogP contribution in [0.4, 0.5) is 11.4 Å². The molecule has 2 aromatic rings. The summed E-state index contributed by atoms with van der Waals surface area (Å²) >= 11 is 2.05. The zero-order valence-corrected chi connectivity index (χ0v) is 10.9. The van der Waals surface area contributed by atoms with Crippen molar-refractivity contribution in [3.63, 3.8) is 0 Å². The molecule has 0 spiro atoms. The molecule has 0 saturated heterocycles. The van der Waals surface area contributed by atoms with E-state index in [1.54, 1.807) is 18.6 Å². The molecule has 0 amide bonds. The van der Waals surface area contributed by atoms with E-state index in [1.807, 2.05) is 34.7 Å². The SMILES string of the molecule is O=[N+]([O-])c1cc(I)ccc1NCc1ccoc1. The molecule has 5 nitrogen and oxygen atoms in total. The summed E-state index contributed by atoms with van der Waals surface area (Å²) in [4.78, 5) is 10.5. The summed E-state index contributed by atoms with van der Waals surface area (Å²) < 4.78 is 5.76. The second-order valence-electron chi connectivity index (χ2n) is 3.40. The second kappa shape index (κ2) is 5.17. The predicted octanol–water partition coefficient (Wildman–Crippen LogP) is 3.40. The fourth-order valence-electron chi connectivity index (χ4n) is 1.40. The minimum atomic E-state index is -0.389. The van der Waals surface area contributed by atoms with Crippen LogP contribution in [-0.4, -0.2) is 4.92 Å². The zero-order chi connectivity index (χ0) is 12.3. The van der Waals surface area contributed by atoms with E-state index in [1.165, 1.54) is 6.07 Å². The minimum Gasteiger partial charge on any atom is -0.472 e. The van der Waals surface area contributed by atoms with Crippen LogP contribution in [0.15, 0.2) is 41.2 Å². The number of halogens is 1. The van der Waals surface area contributed by atoms with Gasteiger partial charge in [-0.2, -0.15) is 0 Å². The minimum absolute atomic E-state index is 0.0837. The van der Waals surface area contributed by atoms with Crippen molar-refractivity contribution >= 4 is 34.0 Å². The van der Waals surface area contributed by atoms with Crippen molar-refractivity contribution in [3.8, 4) is 0 Å². The van der Waals surface area contributed by atoms with Crippen LogP contribution in [0.2, 0.25) is 0 Å². The number of nitrogens with zero attached hydrogens (tertiary/aromatic N) is 1. The highest BCUT2D eigenvalue weighted by molar-refractivity contribution is 14.1. The van der Waals surface area contributed by atoms with Gasteiger partial charge in [0.2, 0.25) is 0 Å². The molecule has 0 unspecified atom stereocenters. The van der Waals surface area contributed by atoms with Gasteiger partial charge in [-0.15, -0.1) is 0 Å². The standard InChI is InChI=1S/C11H9IN2O3/c12-9-1-2-10(11(5-9)14(15)16)13-6-8-3-4-17-7-8/h1-5,7,13H,6H2. The third-order valence-electron chi connectivity index (χ3n) is 2.22. The molecule has 1 aromatic heterocycles. The van der Waals surface area contributed by atoms with Crippen molar-refractivity contribution < 1.29 is 9.34 Å². The Balaban J connectivity index is 2.17. The van der Waals surface area contributed by atoms with Crippen LogP contribution >= 0.6 is 22.6 Å². The van der Waals surface area contributed by atoms with Gasteiger partial charge < -0.3 is 9.73 Å². The molecule has 6 heteroatoms. The Morgan fingerprint density at radius 3 is 2.88 bits per heavy atom. The van der Waals surface area contributed by atoms with Gasteiger partial charge in [0.15, 0.2) is 0 Å². The van der Waals surface area contributed by atoms with E-state index >= 15 is 0 Å². The average Bonchev–Trinajstić information content (AvgIpc) is 2.80. The Kier molecular flexibility index (Phi) is 3.62. The summed E-state index contributed by atoms with van der Waals surface area (Å²) in [7, 11) is 0. The van der Waals surface area contributed by atoms with Crippen LogP contribution < -0.4 is 5.32 Å². The van der Waals surface area contributed by atoms with Gasteiger partial charge in [-0.1, -0.05) is 0 Å². The lowest BCUT2D eigenvalue weighted by Gasteiger charge is -2.05. The van der Waals surface area contributed by atoms with Crippen LogP contribution in [0.5, 0.6) is 0 Å². The molecule has 0 atom stereocenters. The Bertz CT molecular complexity index is 526. The van der Waals surface area contributed by atoms with Crippen molar-refractivity contribution in [1.82, 2.24) is 0 Å². The van der Waals surface area contributed by atoms with Gasteiger partial charge in [0, 0.05) is 21.7 Å². The highest BCUT2D eigenvalue weighted by atomic mass is 127. The number of hydrogen-bond donors (Lipinski definition) is 1. The molecule has 0 radical (unpaired) electrons. The fourth-order valence-corrected chi connectivity index (χ4v) is 1.87. The number of nitro benzene ring substituents is 1. The smallest absolute Gasteiger partial charge is 0.293 e. The van der Waals surface area contributed by atoms with Crippen molar-refractivity contribution in [1.29, 1.82) is 0 Å². The molecule has 0 bridgehead atoms. The van der Waals surface area contributed by atoms with Crippen molar-refractivity contribution in [2.75, 3.05) is 5.32 Å². The summed E-state index contributed by atoms with van der Waals surface area (Å²) in [5.74, 6) is 0. The van der Waals surface area contributed by atoms with E-state index in [0.717, 1.165) is 9.13 Å². The Labute approximate surface area is 111 Å². The maximum absolute atomic E-state index is 10.9. The van der Waals surface area contributed by atoms with E-state index in [-0.39, 0.29) is 10.6 Å². The van der Waals surface area contributed by atoms with Crippen LogP contribution in [-0.2, 0) is 6.54 Å². The largest absolute Gasteiger partial charge is 0.472 e. The second-order valence-corrected chi connectivity index (χ2v) is 4.65. The molecular formula is C11H9IN2O3. The van der Waals surface area contributed by atoms with Gasteiger partial charge >= 0.3 is 0 Å². The number of nitro groups is 1. The first-order valence-electron chi connectivity index (χ1n) is 4.85. The lowest BCUT2D eigenvalue weighted by atomic mass is 10.2. The van der Waals surface area contributed by atoms with Crippen LogP contribution in [0.1, 0.15) is 5.56 Å². The number of nitrogens with one attached hydrogen (secondary N) is 1. The van der Waals surface area contributed by atoms with E-state index in [2.05, 4.69) is 5.32 Å². The molecule has 1 aromatic carbocycles. The first-order chi connectivity index (χ1) is 8.16. The molecule has 1 heterocycles. The maximum Gasteiger partial charge on any atom is 0.293 e. The molecule has 0 aliphatic rings. The number of rotatable bonds is 4. The lowest BCUT2D eigenvalue weighted by molar-refractivity contribution is -0.384. The molecule has 2 rings (SSSR count). The van der Waals surface area contributed by atoms with Gasteiger partial charge in [-0.25, -0.2) is 0 Å². The number of anilines is 1. The van der Waals surface area contributed by atoms with Gasteiger partial charge in [0.1, 0.15) is 5.69 Å². The Morgan fingerprint density at radius 2 is 2.24 bits per heavy atom. The van der Waals surface area contributed by atoms with Crippen LogP contribution in [0, 0.1) is 13.7 Å². The Hall–Kier alpha value is -1.57. The van der Waals surface area contributed by atoms with Gasteiger partial charge in [-0.05, 0) is 40.8 Å². The first kappa shape index (κ1) is 11.9. The zero-order valence-electron chi connectivity index (χ0n) is 8.72. The van der Waals surface area contributed by atoms with Crippen LogP contribution in [0.3, 0.4) is 0 Å². The van der Waals surface area contributed by atoms with E-state index < -0.39 is 0 Å². The topological polar surface area (TPSA) is 68.3 Å². The van der Waals surface area contributed by atoms with Crippen molar-refractivity contribution in [3.05, 3.63) is 56.0 Å². The molecule has 17 heavy (non-hydrogen) atoms. The quantitative estimate of drug-likeness (QED) is 0.524. The maximum atomic E-state index is 10.9.